The Kier molecular flexibility index (Phi) is 3.67. The van der Waals surface area contributed by atoms with Crippen molar-refractivity contribution in [2.24, 2.45) is 5.41 Å². The lowest BCUT2D eigenvalue weighted by Crippen LogP contribution is -2.27. The number of hydrogen-bond acceptors (Lipinski definition) is 3. The summed E-state index contributed by atoms with van der Waals surface area (Å²) in [6.45, 7) is 0.721. The standard InChI is InChI=1S/C17H21NO2/c18-12-17(8-3-1-2-4-9-17)16(19)14-5-6-15-13(11-14)7-10-20-15/h5-6,11,16,19H,1-4,7-10H2. The van der Waals surface area contributed by atoms with E-state index in [0.29, 0.717) is 0 Å². The molecule has 1 aliphatic heterocycles. The highest BCUT2D eigenvalue weighted by Gasteiger charge is 2.39. The molecular formula is C17H21NO2. The number of ether oxygens (including phenoxy) is 1. The monoisotopic (exact) mass is 271 g/mol. The molecule has 0 amide bonds. The second-order valence-electron chi connectivity index (χ2n) is 6.05. The Morgan fingerprint density at radius 2 is 1.95 bits per heavy atom. The van der Waals surface area contributed by atoms with Gasteiger partial charge < -0.3 is 9.84 Å². The largest absolute Gasteiger partial charge is 0.493 e. The third kappa shape index (κ3) is 2.29. The molecule has 1 saturated carbocycles. The van der Waals surface area contributed by atoms with Gasteiger partial charge in [-0.25, -0.2) is 0 Å². The van der Waals surface area contributed by atoms with Crippen molar-refractivity contribution >= 4 is 0 Å². The van der Waals surface area contributed by atoms with E-state index in [9.17, 15) is 10.4 Å². The van der Waals surface area contributed by atoms with Crippen molar-refractivity contribution < 1.29 is 9.84 Å². The Labute approximate surface area is 120 Å². The van der Waals surface area contributed by atoms with Crippen molar-refractivity contribution in [3.63, 3.8) is 0 Å². The number of hydrogen-bond donors (Lipinski definition) is 1. The van der Waals surface area contributed by atoms with Gasteiger partial charge in [0.05, 0.1) is 24.2 Å². The third-order valence-electron chi connectivity index (χ3n) is 4.77. The Hall–Kier alpha value is -1.53. The van der Waals surface area contributed by atoms with Gasteiger partial charge in [-0.3, -0.25) is 0 Å². The van der Waals surface area contributed by atoms with E-state index in [2.05, 4.69) is 6.07 Å². The number of nitriles is 1. The minimum Gasteiger partial charge on any atom is -0.493 e. The molecule has 3 heteroatoms. The summed E-state index contributed by atoms with van der Waals surface area (Å²) in [4.78, 5) is 0. The molecule has 1 unspecified atom stereocenters. The molecule has 0 radical (unpaired) electrons. The molecule has 1 aromatic rings. The molecule has 0 aromatic heterocycles. The van der Waals surface area contributed by atoms with Crippen LogP contribution in [0, 0.1) is 16.7 Å². The average Bonchev–Trinajstić information content (AvgIpc) is 2.81. The first-order valence-electron chi connectivity index (χ1n) is 7.60. The topological polar surface area (TPSA) is 53.2 Å². The highest BCUT2D eigenvalue weighted by Crippen LogP contribution is 2.45. The number of rotatable bonds is 2. The zero-order valence-corrected chi connectivity index (χ0v) is 11.8. The normalized spacial score (nSPS) is 22.2. The Balaban J connectivity index is 1.90. The minimum absolute atomic E-state index is 0.607. The SMILES string of the molecule is N#CC1(C(O)c2ccc3c(c2)CCO3)CCCCCC1. The van der Waals surface area contributed by atoms with Gasteiger partial charge >= 0.3 is 0 Å². The summed E-state index contributed by atoms with van der Waals surface area (Å²) in [6.07, 6.45) is 6.25. The lowest BCUT2D eigenvalue weighted by atomic mass is 9.74. The van der Waals surface area contributed by atoms with Gasteiger partial charge in [0.25, 0.3) is 0 Å². The van der Waals surface area contributed by atoms with E-state index in [1.165, 1.54) is 12.8 Å². The van der Waals surface area contributed by atoms with Crippen molar-refractivity contribution in [2.75, 3.05) is 6.61 Å². The van der Waals surface area contributed by atoms with Gasteiger partial charge in [-0.2, -0.15) is 5.26 Å². The fraction of sp³-hybridized carbons (Fsp3) is 0.588. The van der Waals surface area contributed by atoms with Crippen molar-refractivity contribution in [1.29, 1.82) is 5.26 Å². The first-order chi connectivity index (χ1) is 9.75. The van der Waals surface area contributed by atoms with Crippen LogP contribution in [0.4, 0.5) is 0 Å². The number of benzene rings is 1. The predicted octanol–water partition coefficient (Wildman–Crippen LogP) is 3.52. The molecule has 106 valence electrons. The highest BCUT2D eigenvalue weighted by atomic mass is 16.5. The van der Waals surface area contributed by atoms with E-state index < -0.39 is 11.5 Å². The highest BCUT2D eigenvalue weighted by molar-refractivity contribution is 5.41. The maximum Gasteiger partial charge on any atom is 0.122 e. The molecule has 1 heterocycles. The number of nitrogens with zero attached hydrogens (tertiary/aromatic N) is 1. The van der Waals surface area contributed by atoms with Crippen LogP contribution in [0.15, 0.2) is 18.2 Å². The van der Waals surface area contributed by atoms with Crippen LogP contribution in [0.25, 0.3) is 0 Å². The molecule has 1 N–H and O–H groups in total. The summed E-state index contributed by atoms with van der Waals surface area (Å²) < 4.78 is 5.50. The molecule has 1 aromatic carbocycles. The van der Waals surface area contributed by atoms with E-state index in [1.807, 2.05) is 18.2 Å². The average molecular weight is 271 g/mol. The molecule has 20 heavy (non-hydrogen) atoms. The molecule has 3 rings (SSSR count). The molecular weight excluding hydrogens is 250 g/mol. The van der Waals surface area contributed by atoms with Crippen LogP contribution in [-0.2, 0) is 6.42 Å². The van der Waals surface area contributed by atoms with Crippen LogP contribution in [0.5, 0.6) is 5.75 Å². The van der Waals surface area contributed by atoms with Gasteiger partial charge in [-0.1, -0.05) is 31.7 Å². The Bertz CT molecular complexity index is 524. The predicted molar refractivity (Wildman–Crippen MR) is 76.3 cm³/mol. The first kappa shape index (κ1) is 13.5. The molecule has 0 saturated heterocycles. The minimum atomic E-state index is -0.684. The third-order valence-corrected chi connectivity index (χ3v) is 4.77. The summed E-state index contributed by atoms with van der Waals surface area (Å²) in [5.74, 6) is 0.924. The van der Waals surface area contributed by atoms with Crippen molar-refractivity contribution in [1.82, 2.24) is 0 Å². The number of aliphatic hydroxyl groups is 1. The molecule has 0 bridgehead atoms. The molecule has 2 aliphatic rings. The van der Waals surface area contributed by atoms with E-state index in [0.717, 1.165) is 55.6 Å². The zero-order chi connectivity index (χ0) is 14.0. The van der Waals surface area contributed by atoms with Crippen LogP contribution in [0.1, 0.15) is 55.8 Å². The number of fused-ring (bicyclic) bond motifs is 1. The van der Waals surface area contributed by atoms with E-state index in [1.54, 1.807) is 0 Å². The molecule has 1 fully saturated rings. The fourth-order valence-electron chi connectivity index (χ4n) is 3.50. The van der Waals surface area contributed by atoms with Gasteiger partial charge in [0, 0.05) is 6.42 Å². The summed E-state index contributed by atoms with van der Waals surface area (Å²) in [7, 11) is 0. The zero-order valence-electron chi connectivity index (χ0n) is 11.8. The maximum atomic E-state index is 10.8. The number of aliphatic hydroxyl groups excluding tert-OH is 1. The summed E-state index contributed by atoms with van der Waals surface area (Å²) in [5.41, 5.74) is 1.42. The molecule has 3 nitrogen and oxygen atoms in total. The van der Waals surface area contributed by atoms with E-state index in [-0.39, 0.29) is 0 Å². The van der Waals surface area contributed by atoms with Crippen LogP contribution < -0.4 is 4.74 Å². The second-order valence-corrected chi connectivity index (χ2v) is 6.05. The molecule has 0 spiro atoms. The fourth-order valence-corrected chi connectivity index (χ4v) is 3.50. The smallest absolute Gasteiger partial charge is 0.122 e. The van der Waals surface area contributed by atoms with Gasteiger partial charge in [0.15, 0.2) is 0 Å². The summed E-state index contributed by atoms with van der Waals surface area (Å²) in [6, 6.07) is 8.32. The van der Waals surface area contributed by atoms with Crippen molar-refractivity contribution in [3.8, 4) is 11.8 Å². The lowest BCUT2D eigenvalue weighted by molar-refractivity contribution is 0.0516. The van der Waals surface area contributed by atoms with Crippen LogP contribution in [0.3, 0.4) is 0 Å². The second kappa shape index (κ2) is 5.46. The first-order valence-corrected chi connectivity index (χ1v) is 7.60. The van der Waals surface area contributed by atoms with Crippen LogP contribution in [-0.4, -0.2) is 11.7 Å². The van der Waals surface area contributed by atoms with Gasteiger partial charge in [-0.05, 0) is 36.1 Å². The summed E-state index contributed by atoms with van der Waals surface area (Å²) >= 11 is 0. The van der Waals surface area contributed by atoms with Crippen LogP contribution >= 0.6 is 0 Å². The summed E-state index contributed by atoms with van der Waals surface area (Å²) in [5, 5.41) is 20.4. The lowest BCUT2D eigenvalue weighted by Gasteiger charge is -2.31. The van der Waals surface area contributed by atoms with Crippen molar-refractivity contribution in [3.05, 3.63) is 29.3 Å². The Morgan fingerprint density at radius 1 is 1.20 bits per heavy atom. The Morgan fingerprint density at radius 3 is 2.65 bits per heavy atom. The van der Waals surface area contributed by atoms with Crippen LogP contribution in [0.2, 0.25) is 0 Å². The van der Waals surface area contributed by atoms with Gasteiger partial charge in [0.2, 0.25) is 0 Å². The van der Waals surface area contributed by atoms with E-state index >= 15 is 0 Å². The molecule has 1 aliphatic carbocycles. The maximum absolute atomic E-state index is 10.8. The molecule has 1 atom stereocenters. The van der Waals surface area contributed by atoms with Gasteiger partial charge in [0.1, 0.15) is 5.75 Å². The van der Waals surface area contributed by atoms with Crippen molar-refractivity contribution in [2.45, 2.75) is 51.0 Å². The van der Waals surface area contributed by atoms with E-state index in [4.69, 9.17) is 4.74 Å². The van der Waals surface area contributed by atoms with Gasteiger partial charge in [-0.15, -0.1) is 0 Å². The quantitative estimate of drug-likeness (QED) is 0.837.